The topological polar surface area (TPSA) is 88.3 Å². The minimum atomic E-state index is -0.341. The molecule has 24 heavy (non-hydrogen) atoms. The number of benzene rings is 1. The second-order valence-corrected chi connectivity index (χ2v) is 5.62. The van der Waals surface area contributed by atoms with E-state index in [0.717, 1.165) is 5.56 Å². The maximum atomic E-state index is 13.0. The molecule has 9 heteroatoms. The molecular formula is C15H14FN7O. The third-order valence-corrected chi connectivity index (χ3v) is 3.98. The molecule has 1 aliphatic heterocycles. The molecule has 0 saturated carbocycles. The van der Waals surface area contributed by atoms with Crippen LogP contribution >= 0.6 is 0 Å². The summed E-state index contributed by atoms with van der Waals surface area (Å²) < 4.78 is 14.3. The molecule has 0 aliphatic carbocycles. The number of rotatable bonds is 4. The molecule has 4 rings (SSSR count). The molecule has 0 radical (unpaired) electrons. The number of tetrazole rings is 1. The highest BCUT2D eigenvalue weighted by Crippen LogP contribution is 2.18. The SMILES string of the molecule is O=C1C(Nc2ccc3nnnn3n2)CCN1Cc1ccc(F)cc1. The Hall–Kier alpha value is -3.10. The monoisotopic (exact) mass is 327 g/mol. The zero-order valence-electron chi connectivity index (χ0n) is 12.6. The largest absolute Gasteiger partial charge is 0.357 e. The van der Waals surface area contributed by atoms with Crippen LogP contribution < -0.4 is 5.32 Å². The van der Waals surface area contributed by atoms with Gasteiger partial charge in [-0.3, -0.25) is 4.79 Å². The van der Waals surface area contributed by atoms with E-state index in [2.05, 4.69) is 25.9 Å². The molecule has 1 atom stereocenters. The Morgan fingerprint density at radius 1 is 1.21 bits per heavy atom. The summed E-state index contributed by atoms with van der Waals surface area (Å²) in [5.74, 6) is 0.254. The van der Waals surface area contributed by atoms with Gasteiger partial charge in [-0.05, 0) is 46.7 Å². The lowest BCUT2D eigenvalue weighted by atomic mass is 10.2. The molecule has 122 valence electrons. The molecule has 1 saturated heterocycles. The minimum absolute atomic E-state index is 0.00191. The van der Waals surface area contributed by atoms with Crippen LogP contribution in [0.2, 0.25) is 0 Å². The van der Waals surface area contributed by atoms with Gasteiger partial charge in [-0.15, -0.1) is 14.8 Å². The molecular weight excluding hydrogens is 313 g/mol. The maximum Gasteiger partial charge on any atom is 0.245 e. The number of halogens is 1. The van der Waals surface area contributed by atoms with Gasteiger partial charge in [-0.25, -0.2) is 4.39 Å². The summed E-state index contributed by atoms with van der Waals surface area (Å²) in [5, 5.41) is 18.4. The number of hydrogen-bond acceptors (Lipinski definition) is 6. The average molecular weight is 327 g/mol. The minimum Gasteiger partial charge on any atom is -0.357 e. The molecule has 1 unspecified atom stereocenters. The number of aromatic nitrogens is 5. The highest BCUT2D eigenvalue weighted by atomic mass is 19.1. The first-order valence-electron chi connectivity index (χ1n) is 7.54. The fraction of sp³-hybridized carbons (Fsp3) is 0.267. The van der Waals surface area contributed by atoms with Crippen LogP contribution in [0.25, 0.3) is 5.65 Å². The third-order valence-electron chi connectivity index (χ3n) is 3.98. The number of hydrogen-bond donors (Lipinski definition) is 1. The predicted octanol–water partition coefficient (Wildman–Crippen LogP) is 0.871. The lowest BCUT2D eigenvalue weighted by Crippen LogP contribution is -2.33. The van der Waals surface area contributed by atoms with Crippen molar-refractivity contribution in [3.8, 4) is 0 Å². The smallest absolute Gasteiger partial charge is 0.245 e. The van der Waals surface area contributed by atoms with Gasteiger partial charge in [0.25, 0.3) is 0 Å². The molecule has 2 aromatic heterocycles. The van der Waals surface area contributed by atoms with E-state index in [1.807, 2.05) is 0 Å². The van der Waals surface area contributed by atoms with Crippen LogP contribution in [0.15, 0.2) is 36.4 Å². The summed E-state index contributed by atoms with van der Waals surface area (Å²) in [6.07, 6.45) is 0.676. The zero-order valence-corrected chi connectivity index (χ0v) is 12.6. The number of carbonyl (C=O) groups is 1. The summed E-state index contributed by atoms with van der Waals surface area (Å²) >= 11 is 0. The van der Waals surface area contributed by atoms with Gasteiger partial charge in [0.05, 0.1) is 0 Å². The van der Waals surface area contributed by atoms with Crippen LogP contribution in [0.5, 0.6) is 0 Å². The Bertz CT molecular complexity index is 879. The lowest BCUT2D eigenvalue weighted by Gasteiger charge is -2.17. The molecule has 1 N–H and O–H groups in total. The van der Waals surface area contributed by atoms with Gasteiger partial charge >= 0.3 is 0 Å². The first-order valence-corrected chi connectivity index (χ1v) is 7.54. The Kier molecular flexibility index (Phi) is 3.52. The van der Waals surface area contributed by atoms with E-state index in [0.29, 0.717) is 31.0 Å². The van der Waals surface area contributed by atoms with Crippen molar-refractivity contribution in [3.05, 3.63) is 47.8 Å². The van der Waals surface area contributed by atoms with Crippen molar-refractivity contribution in [3.63, 3.8) is 0 Å². The van der Waals surface area contributed by atoms with Crippen LogP contribution in [0.1, 0.15) is 12.0 Å². The second-order valence-electron chi connectivity index (χ2n) is 5.62. The van der Waals surface area contributed by atoms with E-state index in [1.54, 1.807) is 29.2 Å². The summed E-state index contributed by atoms with van der Waals surface area (Å²) in [6.45, 7) is 1.11. The molecule has 8 nitrogen and oxygen atoms in total. The van der Waals surface area contributed by atoms with Crippen LogP contribution in [-0.4, -0.2) is 48.6 Å². The number of amides is 1. The molecule has 1 amide bonds. The zero-order chi connectivity index (χ0) is 16.5. The Labute approximate surface area is 136 Å². The van der Waals surface area contributed by atoms with Crippen LogP contribution in [-0.2, 0) is 11.3 Å². The van der Waals surface area contributed by atoms with Crippen molar-refractivity contribution in [2.45, 2.75) is 19.0 Å². The summed E-state index contributed by atoms with van der Waals surface area (Å²) in [4.78, 5) is 14.3. The van der Waals surface area contributed by atoms with Crippen molar-refractivity contribution < 1.29 is 9.18 Å². The van der Waals surface area contributed by atoms with E-state index < -0.39 is 0 Å². The number of fused-ring (bicyclic) bond motifs is 1. The summed E-state index contributed by atoms with van der Waals surface area (Å²) in [5.41, 5.74) is 1.44. The van der Waals surface area contributed by atoms with Crippen LogP contribution in [0.3, 0.4) is 0 Å². The molecule has 1 fully saturated rings. The summed E-state index contributed by atoms with van der Waals surface area (Å²) in [7, 11) is 0. The van der Waals surface area contributed by atoms with Gasteiger partial charge in [-0.2, -0.15) is 0 Å². The number of carbonyl (C=O) groups excluding carboxylic acids is 1. The fourth-order valence-corrected chi connectivity index (χ4v) is 2.75. The average Bonchev–Trinajstić information content (AvgIpc) is 3.18. The number of likely N-dealkylation sites (tertiary alicyclic amines) is 1. The number of anilines is 1. The van der Waals surface area contributed by atoms with Gasteiger partial charge in [0, 0.05) is 13.1 Å². The van der Waals surface area contributed by atoms with Crippen LogP contribution in [0, 0.1) is 5.82 Å². The molecule has 0 bridgehead atoms. The van der Waals surface area contributed by atoms with Gasteiger partial charge in [-0.1, -0.05) is 12.1 Å². The van der Waals surface area contributed by atoms with E-state index in [1.165, 1.54) is 16.8 Å². The van der Waals surface area contributed by atoms with E-state index in [9.17, 15) is 9.18 Å². The third kappa shape index (κ3) is 2.75. The Balaban J connectivity index is 1.43. The first kappa shape index (κ1) is 14.5. The molecule has 1 aromatic carbocycles. The number of nitrogens with zero attached hydrogens (tertiary/aromatic N) is 6. The van der Waals surface area contributed by atoms with Crippen molar-refractivity contribution in [1.82, 2.24) is 30.2 Å². The lowest BCUT2D eigenvalue weighted by molar-refractivity contribution is -0.128. The standard InChI is InChI=1S/C15H14FN7O/c16-11-3-1-10(2-4-11)9-22-8-7-12(15(22)24)17-13-5-6-14-18-20-21-23(14)19-13/h1-6,12H,7-9H2,(H,17,19). The molecule has 1 aliphatic rings. The number of nitrogens with one attached hydrogen (secondary N) is 1. The molecule has 3 aromatic rings. The van der Waals surface area contributed by atoms with E-state index in [4.69, 9.17) is 0 Å². The van der Waals surface area contributed by atoms with Gasteiger partial charge in [0.1, 0.15) is 17.7 Å². The highest BCUT2D eigenvalue weighted by Gasteiger charge is 2.31. The highest BCUT2D eigenvalue weighted by molar-refractivity contribution is 5.86. The normalized spacial score (nSPS) is 17.6. The van der Waals surface area contributed by atoms with E-state index >= 15 is 0 Å². The van der Waals surface area contributed by atoms with Crippen LogP contribution in [0.4, 0.5) is 10.2 Å². The quantitative estimate of drug-likeness (QED) is 0.765. The van der Waals surface area contributed by atoms with Gasteiger partial charge < -0.3 is 10.2 Å². The maximum absolute atomic E-state index is 13.0. The van der Waals surface area contributed by atoms with Gasteiger partial charge in [0.2, 0.25) is 5.91 Å². The Morgan fingerprint density at radius 3 is 2.88 bits per heavy atom. The Morgan fingerprint density at radius 2 is 2.04 bits per heavy atom. The van der Waals surface area contributed by atoms with Crippen molar-refractivity contribution in [2.24, 2.45) is 0 Å². The molecule has 0 spiro atoms. The van der Waals surface area contributed by atoms with Crippen molar-refractivity contribution in [1.29, 1.82) is 0 Å². The fourth-order valence-electron chi connectivity index (χ4n) is 2.75. The van der Waals surface area contributed by atoms with E-state index in [-0.39, 0.29) is 17.8 Å². The van der Waals surface area contributed by atoms with Crippen molar-refractivity contribution in [2.75, 3.05) is 11.9 Å². The summed E-state index contributed by atoms with van der Waals surface area (Å²) in [6, 6.07) is 9.31. The van der Waals surface area contributed by atoms with Crippen molar-refractivity contribution >= 4 is 17.4 Å². The first-order chi connectivity index (χ1) is 11.7. The predicted molar refractivity (Wildman–Crippen MR) is 82.4 cm³/mol. The second kappa shape index (κ2) is 5.84. The molecule has 3 heterocycles. The van der Waals surface area contributed by atoms with Gasteiger partial charge in [0.15, 0.2) is 5.65 Å².